The van der Waals surface area contributed by atoms with E-state index >= 15 is 0 Å². The normalized spacial score (nSPS) is 12.2. The number of hydrogen-bond donors (Lipinski definition) is 1. The van der Waals surface area contributed by atoms with E-state index in [-0.39, 0.29) is 25.2 Å². The molecule has 0 aromatic heterocycles. The first-order valence-corrected chi connectivity index (χ1v) is 7.66. The van der Waals surface area contributed by atoms with E-state index in [0.717, 1.165) is 10.8 Å². The van der Waals surface area contributed by atoms with Crippen LogP contribution in [0.5, 0.6) is 5.75 Å². The van der Waals surface area contributed by atoms with Gasteiger partial charge in [0.1, 0.15) is 5.75 Å². The van der Waals surface area contributed by atoms with Gasteiger partial charge >= 0.3 is 0 Å². The Kier molecular flexibility index (Phi) is 5.63. The number of amides is 1. The Balaban J connectivity index is 2.15. The van der Waals surface area contributed by atoms with Crippen LogP contribution in [0.1, 0.15) is 13.8 Å². The second-order valence-electron chi connectivity index (χ2n) is 5.09. The van der Waals surface area contributed by atoms with Crippen molar-refractivity contribution in [3.63, 3.8) is 0 Å². The van der Waals surface area contributed by atoms with Crippen molar-refractivity contribution >= 4 is 28.3 Å². The second-order valence-corrected chi connectivity index (χ2v) is 5.50. The fourth-order valence-electron chi connectivity index (χ4n) is 2.42. The first kappa shape index (κ1) is 16.6. The molecule has 22 heavy (non-hydrogen) atoms. The molecule has 0 unspecified atom stereocenters. The molecule has 5 heteroatoms. The van der Waals surface area contributed by atoms with E-state index in [1.807, 2.05) is 31.2 Å². The van der Waals surface area contributed by atoms with Crippen LogP contribution in [-0.4, -0.2) is 41.7 Å². The summed E-state index contributed by atoms with van der Waals surface area (Å²) < 4.78 is 5.68. The van der Waals surface area contributed by atoms with E-state index < -0.39 is 0 Å². The van der Waals surface area contributed by atoms with E-state index in [0.29, 0.717) is 17.3 Å². The van der Waals surface area contributed by atoms with Gasteiger partial charge in [0.2, 0.25) is 0 Å². The zero-order chi connectivity index (χ0) is 16.1. The first-order chi connectivity index (χ1) is 10.6. The molecule has 0 radical (unpaired) electrons. The molecule has 0 aliphatic rings. The van der Waals surface area contributed by atoms with Crippen LogP contribution in [0.2, 0.25) is 5.02 Å². The van der Waals surface area contributed by atoms with Crippen LogP contribution in [0.25, 0.3) is 10.8 Å². The Bertz CT molecular complexity index is 659. The monoisotopic (exact) mass is 321 g/mol. The van der Waals surface area contributed by atoms with E-state index in [1.54, 1.807) is 24.0 Å². The molecule has 0 spiro atoms. The summed E-state index contributed by atoms with van der Waals surface area (Å²) in [6.45, 7) is 4.08. The van der Waals surface area contributed by atoms with Crippen LogP contribution in [0.4, 0.5) is 0 Å². The van der Waals surface area contributed by atoms with Gasteiger partial charge in [0.05, 0.1) is 12.6 Å². The van der Waals surface area contributed by atoms with Gasteiger partial charge in [-0.1, -0.05) is 35.9 Å². The molecule has 4 nitrogen and oxygen atoms in total. The molecule has 0 saturated heterocycles. The van der Waals surface area contributed by atoms with Crippen molar-refractivity contribution in [3.05, 3.63) is 41.4 Å². The van der Waals surface area contributed by atoms with Gasteiger partial charge in [-0.2, -0.15) is 0 Å². The van der Waals surface area contributed by atoms with E-state index in [2.05, 4.69) is 0 Å². The third-order valence-corrected chi connectivity index (χ3v) is 3.97. The molecule has 0 aliphatic heterocycles. The first-order valence-electron chi connectivity index (χ1n) is 7.28. The minimum absolute atomic E-state index is 0.0657. The number of aliphatic hydroxyl groups excluding tert-OH is 1. The summed E-state index contributed by atoms with van der Waals surface area (Å²) in [4.78, 5) is 13.8. The topological polar surface area (TPSA) is 49.8 Å². The Labute approximate surface area is 135 Å². The Morgan fingerprint density at radius 1 is 1.27 bits per heavy atom. The molecule has 118 valence electrons. The van der Waals surface area contributed by atoms with Crippen LogP contribution in [0.3, 0.4) is 0 Å². The SMILES string of the molecule is CCN(C(=O)COc1ccc(Cl)c2ccccc12)[C@H](C)CO. The van der Waals surface area contributed by atoms with Gasteiger partial charge in [-0.3, -0.25) is 4.79 Å². The summed E-state index contributed by atoms with van der Waals surface area (Å²) in [6, 6.07) is 10.9. The smallest absolute Gasteiger partial charge is 0.260 e. The minimum atomic E-state index is -0.219. The van der Waals surface area contributed by atoms with Crippen molar-refractivity contribution in [2.24, 2.45) is 0 Å². The van der Waals surface area contributed by atoms with Crippen LogP contribution in [-0.2, 0) is 4.79 Å². The molecule has 1 atom stereocenters. The van der Waals surface area contributed by atoms with Gasteiger partial charge in [0.15, 0.2) is 6.61 Å². The van der Waals surface area contributed by atoms with Crippen molar-refractivity contribution in [2.75, 3.05) is 19.8 Å². The van der Waals surface area contributed by atoms with E-state index in [9.17, 15) is 9.90 Å². The summed E-state index contributed by atoms with van der Waals surface area (Å²) in [7, 11) is 0. The second kappa shape index (κ2) is 7.47. The largest absolute Gasteiger partial charge is 0.483 e. The number of hydrogen-bond acceptors (Lipinski definition) is 3. The van der Waals surface area contributed by atoms with Crippen molar-refractivity contribution in [2.45, 2.75) is 19.9 Å². The molecule has 2 rings (SSSR count). The van der Waals surface area contributed by atoms with Crippen LogP contribution in [0, 0.1) is 0 Å². The molecule has 2 aromatic carbocycles. The summed E-state index contributed by atoms with van der Waals surface area (Å²) in [5.74, 6) is 0.476. The fourth-order valence-corrected chi connectivity index (χ4v) is 2.64. The lowest BCUT2D eigenvalue weighted by atomic mass is 10.1. The third-order valence-electron chi connectivity index (χ3n) is 3.64. The number of likely N-dealkylation sites (N-methyl/N-ethyl adjacent to an activating group) is 1. The molecule has 0 heterocycles. The molecule has 1 N–H and O–H groups in total. The molecule has 1 amide bonds. The zero-order valence-corrected chi connectivity index (χ0v) is 13.5. The molecular weight excluding hydrogens is 302 g/mol. The van der Waals surface area contributed by atoms with Crippen molar-refractivity contribution in [3.8, 4) is 5.75 Å². The number of nitrogens with zero attached hydrogens (tertiary/aromatic N) is 1. The summed E-state index contributed by atoms with van der Waals surface area (Å²) in [5, 5.41) is 11.6. The highest BCUT2D eigenvalue weighted by Gasteiger charge is 2.18. The van der Waals surface area contributed by atoms with Gasteiger partial charge < -0.3 is 14.7 Å². The molecule has 0 fully saturated rings. The molecule has 0 aliphatic carbocycles. The summed E-state index contributed by atoms with van der Waals surface area (Å²) in [5.41, 5.74) is 0. The van der Waals surface area contributed by atoms with E-state index in [1.165, 1.54) is 0 Å². The maximum atomic E-state index is 12.2. The van der Waals surface area contributed by atoms with Gasteiger partial charge in [-0.25, -0.2) is 0 Å². The number of aliphatic hydroxyl groups is 1. The van der Waals surface area contributed by atoms with Crippen molar-refractivity contribution < 1.29 is 14.6 Å². The summed E-state index contributed by atoms with van der Waals surface area (Å²) in [6.07, 6.45) is 0. The maximum absolute atomic E-state index is 12.2. The number of ether oxygens (including phenoxy) is 1. The number of fused-ring (bicyclic) bond motifs is 1. The van der Waals surface area contributed by atoms with Gasteiger partial charge in [0.25, 0.3) is 5.91 Å². The van der Waals surface area contributed by atoms with Gasteiger partial charge in [0, 0.05) is 22.3 Å². The Morgan fingerprint density at radius 2 is 1.95 bits per heavy atom. The maximum Gasteiger partial charge on any atom is 0.260 e. The highest BCUT2D eigenvalue weighted by molar-refractivity contribution is 6.35. The van der Waals surface area contributed by atoms with Gasteiger partial charge in [-0.15, -0.1) is 0 Å². The van der Waals surface area contributed by atoms with Crippen molar-refractivity contribution in [1.82, 2.24) is 4.90 Å². The Hall–Kier alpha value is -1.78. The summed E-state index contributed by atoms with van der Waals surface area (Å²) >= 11 is 6.17. The van der Waals surface area contributed by atoms with Gasteiger partial charge in [-0.05, 0) is 26.0 Å². The number of carbonyl (C=O) groups is 1. The highest BCUT2D eigenvalue weighted by Crippen LogP contribution is 2.31. The number of benzene rings is 2. The number of carbonyl (C=O) groups excluding carboxylic acids is 1. The molecule has 0 bridgehead atoms. The average Bonchev–Trinajstić information content (AvgIpc) is 2.55. The van der Waals surface area contributed by atoms with Crippen LogP contribution in [0.15, 0.2) is 36.4 Å². The van der Waals surface area contributed by atoms with Crippen molar-refractivity contribution in [1.29, 1.82) is 0 Å². The lowest BCUT2D eigenvalue weighted by Crippen LogP contribution is -2.42. The number of halogens is 1. The Morgan fingerprint density at radius 3 is 2.59 bits per heavy atom. The highest BCUT2D eigenvalue weighted by atomic mass is 35.5. The number of rotatable bonds is 6. The lowest BCUT2D eigenvalue weighted by Gasteiger charge is -2.26. The lowest BCUT2D eigenvalue weighted by molar-refractivity contribution is -0.135. The minimum Gasteiger partial charge on any atom is -0.483 e. The predicted octanol–water partition coefficient (Wildman–Crippen LogP) is 3.10. The van der Waals surface area contributed by atoms with Crippen LogP contribution >= 0.6 is 11.6 Å². The predicted molar refractivity (Wildman–Crippen MR) is 88.4 cm³/mol. The van der Waals surface area contributed by atoms with Crippen LogP contribution < -0.4 is 4.74 Å². The zero-order valence-electron chi connectivity index (χ0n) is 12.8. The molecule has 0 saturated carbocycles. The quantitative estimate of drug-likeness (QED) is 0.889. The van der Waals surface area contributed by atoms with E-state index in [4.69, 9.17) is 16.3 Å². The third kappa shape index (κ3) is 3.51. The standard InChI is InChI=1S/C17H20ClNO3/c1-3-19(12(2)10-20)17(21)11-22-16-9-8-15(18)13-6-4-5-7-14(13)16/h4-9,12,20H,3,10-11H2,1-2H3/t12-/m1/s1. The molecular formula is C17H20ClNO3. The fraction of sp³-hybridized carbons (Fsp3) is 0.353. The average molecular weight is 322 g/mol. The molecule has 2 aromatic rings.